The zero-order valence-corrected chi connectivity index (χ0v) is 9.68. The van der Waals surface area contributed by atoms with Crippen molar-refractivity contribution in [3.63, 3.8) is 0 Å². The van der Waals surface area contributed by atoms with Crippen molar-refractivity contribution in [2.45, 2.75) is 12.8 Å². The van der Waals surface area contributed by atoms with Crippen LogP contribution in [0.25, 0.3) is 0 Å². The first-order valence-corrected chi connectivity index (χ1v) is 5.73. The van der Waals surface area contributed by atoms with Crippen LogP contribution >= 0.6 is 15.9 Å². The Balaban J connectivity index is 1.92. The number of benzene rings is 1. The van der Waals surface area contributed by atoms with Gasteiger partial charge in [-0.25, -0.2) is 0 Å². The number of rotatable bonds is 4. The van der Waals surface area contributed by atoms with Crippen LogP contribution in [0.4, 0.5) is 5.69 Å². The molecule has 0 unspecified atom stereocenters. The SMILES string of the molecule is NCC1(CNc2cccc(Br)c2)CC1. The molecule has 76 valence electrons. The molecule has 0 spiro atoms. The molecule has 1 aliphatic carbocycles. The Bertz CT molecular complexity index is 321. The lowest BCUT2D eigenvalue weighted by molar-refractivity contribution is 0.556. The molecule has 2 rings (SSSR count). The molecule has 3 N–H and O–H groups in total. The fourth-order valence-corrected chi connectivity index (χ4v) is 1.92. The molecule has 1 aromatic carbocycles. The fraction of sp³-hybridized carbons (Fsp3) is 0.455. The van der Waals surface area contributed by atoms with E-state index in [2.05, 4.69) is 33.4 Å². The monoisotopic (exact) mass is 254 g/mol. The molecular formula is C11H15BrN2. The van der Waals surface area contributed by atoms with Gasteiger partial charge in [0.1, 0.15) is 0 Å². The largest absolute Gasteiger partial charge is 0.384 e. The van der Waals surface area contributed by atoms with Gasteiger partial charge in [-0.1, -0.05) is 22.0 Å². The van der Waals surface area contributed by atoms with Crippen molar-refractivity contribution >= 4 is 21.6 Å². The van der Waals surface area contributed by atoms with Crippen molar-refractivity contribution in [1.82, 2.24) is 0 Å². The van der Waals surface area contributed by atoms with E-state index >= 15 is 0 Å². The summed E-state index contributed by atoms with van der Waals surface area (Å²) in [4.78, 5) is 0. The van der Waals surface area contributed by atoms with Crippen LogP contribution in [-0.2, 0) is 0 Å². The lowest BCUT2D eigenvalue weighted by Gasteiger charge is -2.14. The van der Waals surface area contributed by atoms with Gasteiger partial charge in [-0.3, -0.25) is 0 Å². The molecule has 0 aliphatic heterocycles. The molecule has 1 fully saturated rings. The maximum atomic E-state index is 5.71. The van der Waals surface area contributed by atoms with Gasteiger partial charge in [-0.05, 0) is 43.0 Å². The molecule has 0 saturated heterocycles. The molecule has 3 heteroatoms. The third-order valence-corrected chi connectivity index (χ3v) is 3.38. The van der Waals surface area contributed by atoms with E-state index in [1.165, 1.54) is 18.5 Å². The Morgan fingerprint density at radius 2 is 2.21 bits per heavy atom. The zero-order valence-electron chi connectivity index (χ0n) is 8.09. The Kier molecular flexibility index (Phi) is 2.79. The van der Waals surface area contributed by atoms with Crippen molar-refractivity contribution in [1.29, 1.82) is 0 Å². The summed E-state index contributed by atoms with van der Waals surface area (Å²) in [6.45, 7) is 1.80. The average Bonchev–Trinajstić information content (AvgIpc) is 2.96. The van der Waals surface area contributed by atoms with E-state index in [0.29, 0.717) is 5.41 Å². The summed E-state index contributed by atoms with van der Waals surface area (Å²) in [5.74, 6) is 0. The van der Waals surface area contributed by atoms with Crippen molar-refractivity contribution in [2.24, 2.45) is 11.1 Å². The van der Waals surface area contributed by atoms with Crippen LogP contribution in [-0.4, -0.2) is 13.1 Å². The molecule has 2 nitrogen and oxygen atoms in total. The highest BCUT2D eigenvalue weighted by Gasteiger charge is 2.40. The van der Waals surface area contributed by atoms with Gasteiger partial charge in [0.2, 0.25) is 0 Å². The lowest BCUT2D eigenvalue weighted by Crippen LogP contribution is -2.24. The number of hydrogen-bond donors (Lipinski definition) is 2. The first kappa shape index (κ1) is 9.99. The molecular weight excluding hydrogens is 240 g/mol. The number of nitrogens with two attached hydrogens (primary N) is 1. The van der Waals surface area contributed by atoms with E-state index in [-0.39, 0.29) is 0 Å². The first-order chi connectivity index (χ1) is 6.74. The second kappa shape index (κ2) is 3.91. The highest BCUT2D eigenvalue weighted by Crippen LogP contribution is 2.44. The number of halogens is 1. The van der Waals surface area contributed by atoms with Crippen LogP contribution in [0.1, 0.15) is 12.8 Å². The van der Waals surface area contributed by atoms with Gasteiger partial charge in [0.05, 0.1) is 0 Å². The third-order valence-electron chi connectivity index (χ3n) is 2.88. The quantitative estimate of drug-likeness (QED) is 0.867. The Hall–Kier alpha value is -0.540. The van der Waals surface area contributed by atoms with E-state index in [1.54, 1.807) is 0 Å². The number of hydrogen-bond acceptors (Lipinski definition) is 2. The van der Waals surface area contributed by atoms with Crippen molar-refractivity contribution < 1.29 is 0 Å². The minimum atomic E-state index is 0.391. The van der Waals surface area contributed by atoms with Crippen LogP contribution in [0.5, 0.6) is 0 Å². The highest BCUT2D eigenvalue weighted by atomic mass is 79.9. The first-order valence-electron chi connectivity index (χ1n) is 4.94. The summed E-state index contributed by atoms with van der Waals surface area (Å²) in [6.07, 6.45) is 2.54. The lowest BCUT2D eigenvalue weighted by atomic mass is 10.1. The van der Waals surface area contributed by atoms with E-state index in [0.717, 1.165) is 17.6 Å². The van der Waals surface area contributed by atoms with Gasteiger partial charge in [-0.15, -0.1) is 0 Å². The number of nitrogens with one attached hydrogen (secondary N) is 1. The summed E-state index contributed by atoms with van der Waals surface area (Å²) in [6, 6.07) is 8.24. The van der Waals surface area contributed by atoms with Crippen LogP contribution in [0.3, 0.4) is 0 Å². The van der Waals surface area contributed by atoms with Gasteiger partial charge in [-0.2, -0.15) is 0 Å². The minimum Gasteiger partial charge on any atom is -0.384 e. The van der Waals surface area contributed by atoms with Crippen molar-refractivity contribution in [3.8, 4) is 0 Å². The second-order valence-corrected chi connectivity index (χ2v) is 4.98. The molecule has 1 aliphatic rings. The predicted molar refractivity (Wildman–Crippen MR) is 63.4 cm³/mol. The van der Waals surface area contributed by atoms with Crippen molar-refractivity contribution in [3.05, 3.63) is 28.7 Å². The molecule has 0 heterocycles. The van der Waals surface area contributed by atoms with Crippen LogP contribution < -0.4 is 11.1 Å². The van der Waals surface area contributed by atoms with Gasteiger partial charge in [0.15, 0.2) is 0 Å². The maximum absolute atomic E-state index is 5.71. The van der Waals surface area contributed by atoms with E-state index in [9.17, 15) is 0 Å². The zero-order chi connectivity index (χ0) is 10.0. The van der Waals surface area contributed by atoms with Crippen LogP contribution in [0.15, 0.2) is 28.7 Å². The standard InChI is InChI=1S/C11H15BrN2/c12-9-2-1-3-10(6-9)14-8-11(7-13)4-5-11/h1-3,6,14H,4-5,7-8,13H2. The summed E-state index contributed by atoms with van der Waals surface area (Å²) in [5.41, 5.74) is 7.27. The maximum Gasteiger partial charge on any atom is 0.0351 e. The second-order valence-electron chi connectivity index (χ2n) is 4.07. The Morgan fingerprint density at radius 3 is 2.79 bits per heavy atom. The summed E-state index contributed by atoms with van der Waals surface area (Å²) in [7, 11) is 0. The van der Waals surface area contributed by atoms with Crippen LogP contribution in [0.2, 0.25) is 0 Å². The molecule has 0 radical (unpaired) electrons. The fourth-order valence-electron chi connectivity index (χ4n) is 1.52. The topological polar surface area (TPSA) is 38.0 Å². The van der Waals surface area contributed by atoms with E-state index < -0.39 is 0 Å². The number of anilines is 1. The highest BCUT2D eigenvalue weighted by molar-refractivity contribution is 9.10. The minimum absolute atomic E-state index is 0.391. The predicted octanol–water partition coefficient (Wildman–Crippen LogP) is 2.60. The van der Waals surface area contributed by atoms with E-state index in [4.69, 9.17) is 5.73 Å². The molecule has 1 aromatic rings. The molecule has 1 saturated carbocycles. The van der Waals surface area contributed by atoms with Gasteiger partial charge in [0.25, 0.3) is 0 Å². The van der Waals surface area contributed by atoms with Gasteiger partial charge < -0.3 is 11.1 Å². The summed E-state index contributed by atoms with van der Waals surface area (Å²) >= 11 is 3.45. The van der Waals surface area contributed by atoms with Gasteiger partial charge >= 0.3 is 0 Å². The molecule has 0 aromatic heterocycles. The molecule has 0 amide bonds. The Labute approximate surface area is 93.0 Å². The molecule has 0 bridgehead atoms. The van der Waals surface area contributed by atoms with Gasteiger partial charge in [0, 0.05) is 16.7 Å². The van der Waals surface area contributed by atoms with Crippen LogP contribution in [0, 0.1) is 5.41 Å². The summed E-state index contributed by atoms with van der Waals surface area (Å²) in [5, 5.41) is 3.43. The van der Waals surface area contributed by atoms with Crippen molar-refractivity contribution in [2.75, 3.05) is 18.4 Å². The smallest absolute Gasteiger partial charge is 0.0351 e. The summed E-state index contributed by atoms with van der Waals surface area (Å²) < 4.78 is 1.11. The Morgan fingerprint density at radius 1 is 1.43 bits per heavy atom. The third kappa shape index (κ3) is 2.28. The average molecular weight is 255 g/mol. The van der Waals surface area contributed by atoms with E-state index in [1.807, 2.05) is 12.1 Å². The normalized spacial score (nSPS) is 17.9. The molecule has 14 heavy (non-hydrogen) atoms. The molecule has 0 atom stereocenters.